The zero-order chi connectivity index (χ0) is 14.8. The zero-order valence-corrected chi connectivity index (χ0v) is 12.5. The van der Waals surface area contributed by atoms with Gasteiger partial charge in [0.2, 0.25) is 0 Å². The SMILES string of the molecule is CC(C)CCON=O.COc1cc(F)c(F)c(Br)c1. The molecule has 0 radical (unpaired) electrons. The summed E-state index contributed by atoms with van der Waals surface area (Å²) in [4.78, 5) is 13.5. The molecule has 0 N–H and O–H groups in total. The maximum absolute atomic E-state index is 12.6. The van der Waals surface area contributed by atoms with Gasteiger partial charge in [-0.15, -0.1) is 4.91 Å². The lowest BCUT2D eigenvalue weighted by atomic mass is 10.1. The van der Waals surface area contributed by atoms with E-state index in [-0.39, 0.29) is 10.2 Å². The first-order chi connectivity index (χ1) is 8.92. The summed E-state index contributed by atoms with van der Waals surface area (Å²) in [7, 11) is 1.39. The summed E-state index contributed by atoms with van der Waals surface area (Å²) in [5.41, 5.74) is 0. The lowest BCUT2D eigenvalue weighted by molar-refractivity contribution is 0.128. The van der Waals surface area contributed by atoms with Crippen LogP contribution in [0.15, 0.2) is 21.9 Å². The lowest BCUT2D eigenvalue weighted by Gasteiger charge is -2.01. The van der Waals surface area contributed by atoms with E-state index >= 15 is 0 Å². The van der Waals surface area contributed by atoms with Crippen molar-refractivity contribution in [1.29, 1.82) is 0 Å². The molecule has 7 heteroatoms. The van der Waals surface area contributed by atoms with Gasteiger partial charge < -0.3 is 9.57 Å². The van der Waals surface area contributed by atoms with Gasteiger partial charge in [-0.3, -0.25) is 0 Å². The van der Waals surface area contributed by atoms with Gasteiger partial charge in [0.05, 0.1) is 11.6 Å². The van der Waals surface area contributed by atoms with E-state index in [4.69, 9.17) is 4.74 Å². The molecule has 108 valence electrons. The number of halogens is 3. The molecule has 0 fully saturated rings. The van der Waals surface area contributed by atoms with E-state index in [1.807, 2.05) is 0 Å². The smallest absolute Gasteiger partial charge is 0.173 e. The molecule has 0 aliphatic heterocycles. The van der Waals surface area contributed by atoms with Gasteiger partial charge in [-0.1, -0.05) is 13.8 Å². The largest absolute Gasteiger partial charge is 0.497 e. The number of benzene rings is 1. The molecule has 1 rings (SSSR count). The van der Waals surface area contributed by atoms with Crippen molar-refractivity contribution >= 4 is 15.9 Å². The molecule has 19 heavy (non-hydrogen) atoms. The summed E-state index contributed by atoms with van der Waals surface area (Å²) >= 11 is 2.84. The Kier molecular flexibility index (Phi) is 9.03. The Morgan fingerprint density at radius 2 is 2.00 bits per heavy atom. The number of methoxy groups -OCH3 is 1. The Balaban J connectivity index is 0.000000362. The number of nitrogens with zero attached hydrogens (tertiary/aromatic N) is 1. The van der Waals surface area contributed by atoms with Crippen LogP contribution in [0.1, 0.15) is 20.3 Å². The standard InChI is InChI=1S/C7H5BrF2O.C5H11NO2/c1-11-4-2-5(8)7(10)6(9)3-4;1-5(2)3-4-8-6-7/h2-3H,1H3;5H,3-4H2,1-2H3. The van der Waals surface area contributed by atoms with Crippen LogP contribution in [0.5, 0.6) is 5.75 Å². The van der Waals surface area contributed by atoms with E-state index < -0.39 is 11.6 Å². The van der Waals surface area contributed by atoms with Crippen LogP contribution in [0.25, 0.3) is 0 Å². The van der Waals surface area contributed by atoms with E-state index in [0.717, 1.165) is 12.5 Å². The van der Waals surface area contributed by atoms with E-state index in [9.17, 15) is 13.7 Å². The van der Waals surface area contributed by atoms with Gasteiger partial charge in [-0.25, -0.2) is 8.78 Å². The summed E-state index contributed by atoms with van der Waals surface area (Å²) in [6, 6.07) is 2.35. The first-order valence-electron chi connectivity index (χ1n) is 5.55. The van der Waals surface area contributed by atoms with Crippen LogP contribution in [0, 0.1) is 22.5 Å². The second-order valence-corrected chi connectivity index (χ2v) is 4.85. The van der Waals surface area contributed by atoms with Gasteiger partial charge >= 0.3 is 0 Å². The summed E-state index contributed by atoms with van der Waals surface area (Å²) < 4.78 is 29.9. The van der Waals surface area contributed by atoms with Crippen molar-refractivity contribution < 1.29 is 18.4 Å². The highest BCUT2D eigenvalue weighted by Gasteiger charge is 2.07. The van der Waals surface area contributed by atoms with Crippen LogP contribution < -0.4 is 4.74 Å². The molecule has 1 aromatic carbocycles. The molecule has 0 saturated heterocycles. The number of rotatable bonds is 5. The van der Waals surface area contributed by atoms with Crippen LogP contribution in [0.3, 0.4) is 0 Å². The molecule has 0 aliphatic rings. The van der Waals surface area contributed by atoms with Crippen molar-refractivity contribution in [2.24, 2.45) is 11.3 Å². The first kappa shape index (κ1) is 17.8. The molecular formula is C12H16BrF2NO3. The Labute approximate surface area is 119 Å². The molecule has 0 saturated carbocycles. The fraction of sp³-hybridized carbons (Fsp3) is 0.500. The second kappa shape index (κ2) is 9.66. The maximum Gasteiger partial charge on any atom is 0.173 e. The van der Waals surface area contributed by atoms with Gasteiger partial charge in [0.15, 0.2) is 17.0 Å². The van der Waals surface area contributed by atoms with Crippen molar-refractivity contribution in [3.63, 3.8) is 0 Å². The highest BCUT2D eigenvalue weighted by atomic mass is 79.9. The molecule has 1 aromatic rings. The van der Waals surface area contributed by atoms with Gasteiger partial charge in [0.1, 0.15) is 12.4 Å². The van der Waals surface area contributed by atoms with E-state index in [0.29, 0.717) is 12.5 Å². The Hall–Kier alpha value is -1.24. The molecule has 0 amide bonds. The molecule has 0 aliphatic carbocycles. The van der Waals surface area contributed by atoms with Gasteiger partial charge in [-0.2, -0.15) is 0 Å². The summed E-state index contributed by atoms with van der Waals surface area (Å²) in [6.07, 6.45) is 0.895. The fourth-order valence-electron chi connectivity index (χ4n) is 0.976. The third kappa shape index (κ3) is 7.71. The molecular weight excluding hydrogens is 324 g/mol. The van der Waals surface area contributed by atoms with Gasteiger partial charge in [0, 0.05) is 6.07 Å². The highest BCUT2D eigenvalue weighted by Crippen LogP contribution is 2.24. The topological polar surface area (TPSA) is 47.9 Å². The Morgan fingerprint density at radius 3 is 2.42 bits per heavy atom. The predicted molar refractivity (Wildman–Crippen MR) is 71.8 cm³/mol. The van der Waals surface area contributed by atoms with Gasteiger partial charge in [0.25, 0.3) is 0 Å². The van der Waals surface area contributed by atoms with Crippen molar-refractivity contribution in [2.45, 2.75) is 20.3 Å². The van der Waals surface area contributed by atoms with Gasteiger partial charge in [-0.05, 0) is 34.3 Å². The van der Waals surface area contributed by atoms with Crippen molar-refractivity contribution in [1.82, 2.24) is 0 Å². The third-order valence-corrected chi connectivity index (χ3v) is 2.61. The molecule has 0 atom stereocenters. The van der Waals surface area contributed by atoms with Crippen LogP contribution >= 0.6 is 15.9 Å². The zero-order valence-electron chi connectivity index (χ0n) is 11.0. The minimum absolute atomic E-state index is 0.0642. The third-order valence-electron chi connectivity index (χ3n) is 2.03. The monoisotopic (exact) mass is 339 g/mol. The molecule has 0 unspecified atom stereocenters. The van der Waals surface area contributed by atoms with Crippen LogP contribution in [0.2, 0.25) is 0 Å². The van der Waals surface area contributed by atoms with Crippen LogP contribution in [0.4, 0.5) is 8.78 Å². The van der Waals surface area contributed by atoms with Crippen LogP contribution in [-0.2, 0) is 4.84 Å². The molecule has 0 bridgehead atoms. The number of ether oxygens (including phenoxy) is 1. The molecule has 0 aromatic heterocycles. The quantitative estimate of drug-likeness (QED) is 0.344. The first-order valence-corrected chi connectivity index (χ1v) is 6.34. The van der Waals surface area contributed by atoms with E-state index in [1.54, 1.807) is 0 Å². The van der Waals surface area contributed by atoms with Crippen LogP contribution in [-0.4, -0.2) is 13.7 Å². The fourth-order valence-corrected chi connectivity index (χ4v) is 1.39. The Morgan fingerprint density at radius 1 is 1.37 bits per heavy atom. The summed E-state index contributed by atoms with van der Waals surface area (Å²) in [5.74, 6) is -0.949. The second-order valence-electron chi connectivity index (χ2n) is 4.00. The normalized spacial score (nSPS) is 9.63. The minimum Gasteiger partial charge on any atom is -0.497 e. The van der Waals surface area contributed by atoms with Crippen molar-refractivity contribution in [3.05, 3.63) is 33.1 Å². The Bertz CT molecular complexity index is 380. The molecule has 0 spiro atoms. The predicted octanol–water partition coefficient (Wildman–Crippen LogP) is 4.47. The number of hydrogen-bond donors (Lipinski definition) is 0. The average molecular weight is 340 g/mol. The van der Waals surface area contributed by atoms with Crippen molar-refractivity contribution in [3.8, 4) is 5.75 Å². The van der Waals surface area contributed by atoms with E-state index in [1.165, 1.54) is 13.2 Å². The lowest BCUT2D eigenvalue weighted by Crippen LogP contribution is -1.93. The maximum atomic E-state index is 12.6. The minimum atomic E-state index is -0.920. The van der Waals surface area contributed by atoms with E-state index in [2.05, 4.69) is 40.0 Å². The summed E-state index contributed by atoms with van der Waals surface area (Å²) in [6.45, 7) is 4.57. The summed E-state index contributed by atoms with van der Waals surface area (Å²) in [5, 5.41) is 2.26. The highest BCUT2D eigenvalue weighted by molar-refractivity contribution is 9.10. The molecule has 0 heterocycles. The van der Waals surface area contributed by atoms with Crippen molar-refractivity contribution in [2.75, 3.05) is 13.7 Å². The number of hydrogen-bond acceptors (Lipinski definition) is 4. The molecule has 4 nitrogen and oxygen atoms in total. The average Bonchev–Trinajstić information content (AvgIpc) is 2.36.